The minimum Gasteiger partial charge on any atom is -0.490 e. The Labute approximate surface area is 180 Å². The Morgan fingerprint density at radius 1 is 1.29 bits per heavy atom. The number of carbonyl (C=O) groups is 1. The van der Waals surface area contributed by atoms with E-state index in [1.54, 1.807) is 16.7 Å². The fourth-order valence-electron chi connectivity index (χ4n) is 3.64. The van der Waals surface area contributed by atoms with Crippen LogP contribution in [0.1, 0.15) is 36.6 Å². The number of fused-ring (bicyclic) bond motifs is 4. The quantitative estimate of drug-likeness (QED) is 0.363. The molecule has 0 radical (unpaired) electrons. The summed E-state index contributed by atoms with van der Waals surface area (Å²) in [6.07, 6.45) is 0.684. The van der Waals surface area contributed by atoms with Gasteiger partial charge < -0.3 is 23.9 Å². The van der Waals surface area contributed by atoms with Crippen LogP contribution in [0.25, 0.3) is 22.3 Å². The number of aldehydes is 1. The maximum absolute atomic E-state index is 13.0. The lowest BCUT2D eigenvalue weighted by Gasteiger charge is -2.14. The summed E-state index contributed by atoms with van der Waals surface area (Å²) in [5.41, 5.74) is 3.12. The molecular weight excluding hydrogens is 396 g/mol. The third-order valence-electron chi connectivity index (χ3n) is 4.98. The van der Waals surface area contributed by atoms with Crippen molar-refractivity contribution in [2.75, 3.05) is 13.7 Å². The van der Waals surface area contributed by atoms with Gasteiger partial charge in [0.2, 0.25) is 0 Å². The van der Waals surface area contributed by atoms with Crippen LogP contribution in [0.15, 0.2) is 47.8 Å². The van der Waals surface area contributed by atoms with Gasteiger partial charge in [0, 0.05) is 29.2 Å². The molecule has 1 atom stereocenters. The molecule has 162 valence electrons. The van der Waals surface area contributed by atoms with Gasteiger partial charge in [0.15, 0.2) is 6.29 Å². The van der Waals surface area contributed by atoms with E-state index in [0.717, 1.165) is 16.5 Å². The first kappa shape index (κ1) is 22.4. The van der Waals surface area contributed by atoms with Crippen molar-refractivity contribution in [3.05, 3.63) is 70.0 Å². The highest BCUT2D eigenvalue weighted by atomic mass is 16.5. The van der Waals surface area contributed by atoms with Crippen LogP contribution in [0.5, 0.6) is 5.75 Å². The molecule has 1 unspecified atom stereocenters. The lowest BCUT2D eigenvalue weighted by atomic mass is 10.0. The number of aromatic nitrogens is 2. The maximum atomic E-state index is 13.0. The minimum absolute atomic E-state index is 0.00903. The smallest absolute Gasteiger partial charge is 0.257 e. The summed E-state index contributed by atoms with van der Waals surface area (Å²) in [6, 6.07) is 9.22. The van der Waals surface area contributed by atoms with Gasteiger partial charge in [0.25, 0.3) is 5.56 Å². The molecule has 1 aromatic carbocycles. The first-order valence-electron chi connectivity index (χ1n) is 10.1. The predicted molar refractivity (Wildman–Crippen MR) is 119 cm³/mol. The molecule has 3 aromatic rings. The second-order valence-electron chi connectivity index (χ2n) is 6.82. The van der Waals surface area contributed by atoms with Crippen molar-refractivity contribution in [2.45, 2.75) is 33.1 Å². The van der Waals surface area contributed by atoms with E-state index in [4.69, 9.17) is 14.5 Å². The molecule has 0 bridgehead atoms. The summed E-state index contributed by atoms with van der Waals surface area (Å²) >= 11 is 0. The SMILES string of the molecule is C=CCOc1ccc2nc3c(cc2c1)Cn1c-3cc(C(O)C=O)c(COC)c1=O.CC. The van der Waals surface area contributed by atoms with Gasteiger partial charge in [-0.25, -0.2) is 4.98 Å². The minimum atomic E-state index is -1.40. The van der Waals surface area contributed by atoms with Crippen molar-refractivity contribution in [1.82, 2.24) is 9.55 Å². The van der Waals surface area contributed by atoms with Crippen molar-refractivity contribution in [3.8, 4) is 17.1 Å². The van der Waals surface area contributed by atoms with Gasteiger partial charge in [-0.05, 0) is 30.3 Å². The van der Waals surface area contributed by atoms with E-state index in [1.165, 1.54) is 7.11 Å². The van der Waals surface area contributed by atoms with Crippen LogP contribution in [-0.2, 0) is 22.7 Å². The van der Waals surface area contributed by atoms with Gasteiger partial charge in [-0.3, -0.25) is 4.79 Å². The van der Waals surface area contributed by atoms with E-state index in [-0.39, 0.29) is 23.3 Å². The first-order chi connectivity index (χ1) is 15.1. The molecule has 0 saturated carbocycles. The normalized spacial score (nSPS) is 12.4. The van der Waals surface area contributed by atoms with Crippen molar-refractivity contribution in [1.29, 1.82) is 0 Å². The Morgan fingerprint density at radius 2 is 2.06 bits per heavy atom. The summed E-state index contributed by atoms with van der Waals surface area (Å²) < 4.78 is 12.3. The van der Waals surface area contributed by atoms with Gasteiger partial charge in [-0.2, -0.15) is 0 Å². The third-order valence-corrected chi connectivity index (χ3v) is 4.98. The van der Waals surface area contributed by atoms with Crippen LogP contribution < -0.4 is 10.3 Å². The van der Waals surface area contributed by atoms with E-state index in [1.807, 2.05) is 38.1 Å². The third kappa shape index (κ3) is 4.15. The summed E-state index contributed by atoms with van der Waals surface area (Å²) in [4.78, 5) is 28.9. The molecule has 0 saturated heterocycles. The second-order valence-corrected chi connectivity index (χ2v) is 6.82. The van der Waals surface area contributed by atoms with Crippen LogP contribution in [-0.4, -0.2) is 34.7 Å². The molecule has 1 aliphatic rings. The van der Waals surface area contributed by atoms with E-state index in [2.05, 4.69) is 6.58 Å². The number of hydrogen-bond donors (Lipinski definition) is 1. The fourth-order valence-corrected chi connectivity index (χ4v) is 3.64. The van der Waals surface area contributed by atoms with Gasteiger partial charge in [-0.1, -0.05) is 26.5 Å². The molecule has 4 rings (SSSR count). The number of carbonyl (C=O) groups excluding carboxylic acids is 1. The predicted octanol–water partition coefficient (Wildman–Crippen LogP) is 3.39. The molecule has 1 N–H and O–H groups in total. The number of benzene rings is 1. The Balaban J connectivity index is 0.00000132. The van der Waals surface area contributed by atoms with Crippen LogP contribution in [0, 0.1) is 0 Å². The van der Waals surface area contributed by atoms with Crippen molar-refractivity contribution >= 4 is 17.2 Å². The molecule has 0 aliphatic carbocycles. The lowest BCUT2D eigenvalue weighted by molar-refractivity contribution is -0.115. The topological polar surface area (TPSA) is 90.7 Å². The Hall–Kier alpha value is -3.29. The van der Waals surface area contributed by atoms with Gasteiger partial charge >= 0.3 is 0 Å². The highest BCUT2D eigenvalue weighted by Crippen LogP contribution is 2.34. The highest BCUT2D eigenvalue weighted by Gasteiger charge is 2.27. The van der Waals surface area contributed by atoms with Crippen LogP contribution in [0.3, 0.4) is 0 Å². The Bertz CT molecular complexity index is 1180. The zero-order valence-corrected chi connectivity index (χ0v) is 17.9. The molecule has 0 fully saturated rings. The summed E-state index contributed by atoms with van der Waals surface area (Å²) in [7, 11) is 1.46. The Morgan fingerprint density at radius 3 is 2.74 bits per heavy atom. The number of nitrogens with zero attached hydrogens (tertiary/aromatic N) is 2. The van der Waals surface area contributed by atoms with Crippen molar-refractivity contribution in [2.24, 2.45) is 0 Å². The number of rotatable bonds is 7. The lowest BCUT2D eigenvalue weighted by Crippen LogP contribution is -2.26. The number of hydrogen-bond acceptors (Lipinski definition) is 6. The number of methoxy groups -OCH3 is 1. The van der Waals surface area contributed by atoms with Gasteiger partial charge in [-0.15, -0.1) is 0 Å². The Kier molecular flexibility index (Phi) is 6.99. The zero-order chi connectivity index (χ0) is 22.5. The van der Waals surface area contributed by atoms with Crippen molar-refractivity contribution < 1.29 is 19.4 Å². The first-order valence-corrected chi connectivity index (χ1v) is 10.1. The average molecular weight is 422 g/mol. The van der Waals surface area contributed by atoms with Crippen LogP contribution in [0.4, 0.5) is 0 Å². The highest BCUT2D eigenvalue weighted by molar-refractivity contribution is 5.85. The average Bonchev–Trinajstić information content (AvgIpc) is 3.16. The van der Waals surface area contributed by atoms with E-state index < -0.39 is 6.10 Å². The molecule has 7 nitrogen and oxygen atoms in total. The molecule has 1 aliphatic heterocycles. The van der Waals surface area contributed by atoms with E-state index >= 15 is 0 Å². The van der Waals surface area contributed by atoms with Crippen molar-refractivity contribution in [3.63, 3.8) is 0 Å². The molecule has 2 aromatic heterocycles. The molecular formula is C24H26N2O5. The zero-order valence-electron chi connectivity index (χ0n) is 17.9. The number of aliphatic hydroxyl groups excluding tert-OH is 1. The second kappa shape index (κ2) is 9.68. The van der Waals surface area contributed by atoms with E-state index in [0.29, 0.717) is 36.6 Å². The maximum Gasteiger partial charge on any atom is 0.257 e. The molecule has 0 amide bonds. The van der Waals surface area contributed by atoms with Crippen LogP contribution in [0.2, 0.25) is 0 Å². The largest absolute Gasteiger partial charge is 0.490 e. The number of pyridine rings is 2. The summed E-state index contributed by atoms with van der Waals surface area (Å²) in [6.45, 7) is 8.42. The standard InChI is InChI=1S/C22H20N2O5.C2H6/c1-3-6-29-15-4-5-18-13(8-15)7-14-10-24-19(21(14)23-18)9-16(20(26)11-25)17(12-28-2)22(24)27;1-2/h3-5,7-9,11,20,26H,1,6,10,12H2,2H3;1-2H3. The van der Waals surface area contributed by atoms with Gasteiger partial charge in [0.05, 0.1) is 30.1 Å². The molecule has 7 heteroatoms. The van der Waals surface area contributed by atoms with E-state index in [9.17, 15) is 14.7 Å². The fraction of sp³-hybridized carbons (Fsp3) is 0.292. The van der Waals surface area contributed by atoms with Crippen LogP contribution >= 0.6 is 0 Å². The van der Waals surface area contributed by atoms with Gasteiger partial charge in [0.1, 0.15) is 18.5 Å². The molecule has 3 heterocycles. The summed E-state index contributed by atoms with van der Waals surface area (Å²) in [5.74, 6) is 0.714. The molecule has 31 heavy (non-hydrogen) atoms. The molecule has 0 spiro atoms. The number of ether oxygens (including phenoxy) is 2. The summed E-state index contributed by atoms with van der Waals surface area (Å²) in [5, 5.41) is 11.0. The monoisotopic (exact) mass is 422 g/mol. The number of aliphatic hydroxyl groups is 1.